The number of carbonyl (C=O) groups excluding carboxylic acids is 1. The molecule has 0 aromatic carbocycles. The molecule has 0 aliphatic carbocycles. The van der Waals surface area contributed by atoms with E-state index in [1.165, 1.54) is 0 Å². The molecule has 2 aromatic heterocycles. The average molecular weight is 274 g/mol. The van der Waals surface area contributed by atoms with Crippen LogP contribution in [-0.2, 0) is 18.4 Å². The van der Waals surface area contributed by atoms with Gasteiger partial charge in [0.2, 0.25) is 5.91 Å². The number of aromatic nitrogens is 3. The Kier molecular flexibility index (Phi) is 5.11. The Morgan fingerprint density at radius 3 is 3.05 bits per heavy atom. The van der Waals surface area contributed by atoms with Gasteiger partial charge in [-0.2, -0.15) is 5.10 Å². The lowest BCUT2D eigenvalue weighted by atomic mass is 10.3. The fourth-order valence-corrected chi connectivity index (χ4v) is 1.71. The molecule has 6 heteroatoms. The van der Waals surface area contributed by atoms with Gasteiger partial charge in [-0.1, -0.05) is 0 Å². The van der Waals surface area contributed by atoms with Crippen molar-refractivity contribution in [2.75, 3.05) is 6.61 Å². The van der Waals surface area contributed by atoms with Gasteiger partial charge in [0.15, 0.2) is 0 Å². The molecule has 0 bridgehead atoms. The van der Waals surface area contributed by atoms with Gasteiger partial charge in [-0.25, -0.2) is 0 Å². The Labute approximate surface area is 117 Å². The minimum absolute atomic E-state index is 0.0173. The van der Waals surface area contributed by atoms with Gasteiger partial charge >= 0.3 is 0 Å². The predicted molar refractivity (Wildman–Crippen MR) is 74.0 cm³/mol. The summed E-state index contributed by atoms with van der Waals surface area (Å²) in [5.41, 5.74) is 0.993. The van der Waals surface area contributed by atoms with Crippen molar-refractivity contribution in [3.8, 4) is 5.75 Å². The molecule has 0 saturated heterocycles. The summed E-state index contributed by atoms with van der Waals surface area (Å²) >= 11 is 0. The van der Waals surface area contributed by atoms with Crippen LogP contribution < -0.4 is 10.1 Å². The molecule has 0 aliphatic rings. The minimum atomic E-state index is 0.0173. The number of nitrogens with zero attached hydrogens (tertiary/aromatic N) is 3. The maximum atomic E-state index is 11.6. The Bertz CT molecular complexity index is 539. The monoisotopic (exact) mass is 274 g/mol. The van der Waals surface area contributed by atoms with Crippen LogP contribution in [0.25, 0.3) is 0 Å². The number of hydrogen-bond acceptors (Lipinski definition) is 4. The molecule has 6 nitrogen and oxygen atoms in total. The van der Waals surface area contributed by atoms with Crippen molar-refractivity contribution in [1.29, 1.82) is 0 Å². The molecule has 2 aromatic rings. The molecule has 0 spiro atoms. The van der Waals surface area contributed by atoms with Crippen LogP contribution >= 0.6 is 0 Å². The molecule has 0 radical (unpaired) electrons. The highest BCUT2D eigenvalue weighted by Gasteiger charge is 2.03. The second kappa shape index (κ2) is 7.28. The number of rotatable bonds is 7. The van der Waals surface area contributed by atoms with Crippen molar-refractivity contribution in [3.63, 3.8) is 0 Å². The summed E-state index contributed by atoms with van der Waals surface area (Å²) in [6, 6.07) is 3.66. The van der Waals surface area contributed by atoms with Crippen LogP contribution in [0.15, 0.2) is 36.9 Å². The second-order valence-corrected chi connectivity index (χ2v) is 4.44. The van der Waals surface area contributed by atoms with Gasteiger partial charge < -0.3 is 10.1 Å². The fourth-order valence-electron chi connectivity index (χ4n) is 1.71. The number of pyridine rings is 1. The summed E-state index contributed by atoms with van der Waals surface area (Å²) < 4.78 is 7.18. The van der Waals surface area contributed by atoms with Gasteiger partial charge in [-0.05, 0) is 18.6 Å². The molecule has 2 heterocycles. The minimum Gasteiger partial charge on any atom is -0.492 e. The van der Waals surface area contributed by atoms with E-state index in [9.17, 15) is 4.79 Å². The van der Waals surface area contributed by atoms with Gasteiger partial charge in [-0.3, -0.25) is 14.5 Å². The third kappa shape index (κ3) is 4.72. The standard InChI is InChI=1S/C14H18N4O2/c1-18-11-12(9-17-18)8-16-14(19)5-3-7-20-13-4-2-6-15-10-13/h2,4,6,9-11H,3,5,7-8H2,1H3,(H,16,19). The van der Waals surface area contributed by atoms with Crippen LogP contribution in [0, 0.1) is 0 Å². The summed E-state index contributed by atoms with van der Waals surface area (Å²) in [7, 11) is 1.85. The number of aryl methyl sites for hydroxylation is 1. The summed E-state index contributed by atoms with van der Waals surface area (Å²) in [5.74, 6) is 0.743. The maximum absolute atomic E-state index is 11.6. The zero-order valence-corrected chi connectivity index (χ0v) is 11.5. The number of nitrogens with one attached hydrogen (secondary N) is 1. The Balaban J connectivity index is 1.58. The first-order chi connectivity index (χ1) is 9.74. The zero-order valence-electron chi connectivity index (χ0n) is 11.5. The fraction of sp³-hybridized carbons (Fsp3) is 0.357. The SMILES string of the molecule is Cn1cc(CNC(=O)CCCOc2cccnc2)cn1. The Morgan fingerprint density at radius 1 is 1.45 bits per heavy atom. The van der Waals surface area contributed by atoms with Crippen LogP contribution in [0.5, 0.6) is 5.75 Å². The number of carbonyl (C=O) groups is 1. The average Bonchev–Trinajstić information content (AvgIpc) is 2.88. The summed E-state index contributed by atoms with van der Waals surface area (Å²) in [4.78, 5) is 15.6. The lowest BCUT2D eigenvalue weighted by molar-refractivity contribution is -0.121. The maximum Gasteiger partial charge on any atom is 0.220 e. The third-order valence-electron chi connectivity index (χ3n) is 2.70. The summed E-state index contributed by atoms with van der Waals surface area (Å²) in [6.45, 7) is 1.02. The van der Waals surface area contributed by atoms with Crippen LogP contribution in [-0.4, -0.2) is 27.3 Å². The molecule has 2 rings (SSSR count). The Hall–Kier alpha value is -2.37. The number of hydrogen-bond donors (Lipinski definition) is 1. The first-order valence-electron chi connectivity index (χ1n) is 6.51. The topological polar surface area (TPSA) is 69.0 Å². The second-order valence-electron chi connectivity index (χ2n) is 4.44. The highest BCUT2D eigenvalue weighted by Crippen LogP contribution is 2.06. The highest BCUT2D eigenvalue weighted by atomic mass is 16.5. The van der Waals surface area contributed by atoms with Crippen LogP contribution in [0.1, 0.15) is 18.4 Å². The van der Waals surface area contributed by atoms with E-state index in [1.807, 2.05) is 25.4 Å². The summed E-state index contributed by atoms with van der Waals surface area (Å²) in [6.07, 6.45) is 8.09. The van der Waals surface area contributed by atoms with Crippen molar-refractivity contribution in [2.45, 2.75) is 19.4 Å². The van der Waals surface area contributed by atoms with Crippen molar-refractivity contribution in [1.82, 2.24) is 20.1 Å². The Morgan fingerprint density at radius 2 is 2.35 bits per heavy atom. The van der Waals surface area contributed by atoms with E-state index in [0.717, 1.165) is 11.3 Å². The molecule has 20 heavy (non-hydrogen) atoms. The van der Waals surface area contributed by atoms with Crippen molar-refractivity contribution in [3.05, 3.63) is 42.5 Å². The first kappa shape index (κ1) is 14.0. The van der Waals surface area contributed by atoms with Crippen LogP contribution in [0.3, 0.4) is 0 Å². The molecular weight excluding hydrogens is 256 g/mol. The highest BCUT2D eigenvalue weighted by molar-refractivity contribution is 5.75. The number of amides is 1. The predicted octanol–water partition coefficient (Wildman–Crippen LogP) is 1.29. The van der Waals surface area contributed by atoms with Crippen molar-refractivity contribution >= 4 is 5.91 Å². The lowest BCUT2D eigenvalue weighted by Gasteiger charge is -2.06. The van der Waals surface area contributed by atoms with Crippen molar-refractivity contribution < 1.29 is 9.53 Å². The molecule has 106 valence electrons. The lowest BCUT2D eigenvalue weighted by Crippen LogP contribution is -2.22. The van der Waals surface area contributed by atoms with E-state index in [0.29, 0.717) is 26.0 Å². The first-order valence-corrected chi connectivity index (χ1v) is 6.51. The largest absolute Gasteiger partial charge is 0.492 e. The van der Waals surface area contributed by atoms with Gasteiger partial charge in [0.05, 0.1) is 19.0 Å². The van der Waals surface area contributed by atoms with E-state index >= 15 is 0 Å². The quantitative estimate of drug-likeness (QED) is 0.772. The molecule has 0 fully saturated rings. The van der Waals surface area contributed by atoms with E-state index in [-0.39, 0.29) is 5.91 Å². The van der Waals surface area contributed by atoms with Gasteiger partial charge in [0, 0.05) is 38.0 Å². The van der Waals surface area contributed by atoms with Crippen molar-refractivity contribution in [2.24, 2.45) is 7.05 Å². The zero-order chi connectivity index (χ0) is 14.2. The normalized spacial score (nSPS) is 10.2. The van der Waals surface area contributed by atoms with E-state index in [1.54, 1.807) is 23.3 Å². The van der Waals surface area contributed by atoms with Gasteiger partial charge in [0.1, 0.15) is 5.75 Å². The van der Waals surface area contributed by atoms with Gasteiger partial charge in [0.25, 0.3) is 0 Å². The van der Waals surface area contributed by atoms with E-state index in [4.69, 9.17) is 4.74 Å². The van der Waals surface area contributed by atoms with Crippen LogP contribution in [0.2, 0.25) is 0 Å². The molecule has 0 unspecified atom stereocenters. The molecule has 0 aliphatic heterocycles. The number of ether oxygens (including phenoxy) is 1. The molecular formula is C14H18N4O2. The third-order valence-corrected chi connectivity index (χ3v) is 2.70. The smallest absolute Gasteiger partial charge is 0.220 e. The molecule has 0 saturated carbocycles. The van der Waals surface area contributed by atoms with E-state index < -0.39 is 0 Å². The van der Waals surface area contributed by atoms with Gasteiger partial charge in [-0.15, -0.1) is 0 Å². The molecule has 1 amide bonds. The summed E-state index contributed by atoms with van der Waals surface area (Å²) in [5, 5.41) is 6.89. The van der Waals surface area contributed by atoms with E-state index in [2.05, 4.69) is 15.4 Å². The molecule has 0 atom stereocenters. The van der Waals surface area contributed by atoms with Crippen LogP contribution in [0.4, 0.5) is 0 Å². The molecule has 1 N–H and O–H groups in total.